The monoisotopic (exact) mass is 427 g/mol. The maximum absolute atomic E-state index is 13.4. The highest BCUT2D eigenvalue weighted by Crippen LogP contribution is 2.35. The number of aryl methyl sites for hydroxylation is 1. The average molecular weight is 428 g/mol. The maximum atomic E-state index is 13.4. The first-order valence-corrected chi connectivity index (χ1v) is 11.2. The summed E-state index contributed by atoms with van der Waals surface area (Å²) in [5.41, 5.74) is 3.91. The summed E-state index contributed by atoms with van der Waals surface area (Å²) in [7, 11) is 0. The summed E-state index contributed by atoms with van der Waals surface area (Å²) >= 11 is 0. The van der Waals surface area contributed by atoms with E-state index in [1.54, 1.807) is 6.20 Å². The Hall–Kier alpha value is -3.47. The molecular formula is C27H29N3O2. The van der Waals surface area contributed by atoms with Gasteiger partial charge in [-0.25, -0.2) is 0 Å². The lowest BCUT2D eigenvalue weighted by atomic mass is 9.87. The second kappa shape index (κ2) is 10.2. The number of carbonyl (C=O) groups excluding carboxylic acids is 2. The first-order valence-electron chi connectivity index (χ1n) is 11.2. The smallest absolute Gasteiger partial charge is 0.254 e. The van der Waals surface area contributed by atoms with E-state index in [1.807, 2.05) is 59.5 Å². The highest BCUT2D eigenvalue weighted by Gasteiger charge is 2.35. The fourth-order valence-corrected chi connectivity index (χ4v) is 4.38. The van der Waals surface area contributed by atoms with Gasteiger partial charge in [0.2, 0.25) is 5.91 Å². The zero-order chi connectivity index (χ0) is 22.3. The Morgan fingerprint density at radius 3 is 2.56 bits per heavy atom. The number of nitrogens with one attached hydrogen (secondary N) is 1. The molecule has 2 atom stereocenters. The van der Waals surface area contributed by atoms with E-state index in [0.29, 0.717) is 25.1 Å². The number of amides is 2. The van der Waals surface area contributed by atoms with Gasteiger partial charge in [-0.05, 0) is 49.6 Å². The van der Waals surface area contributed by atoms with Crippen molar-refractivity contribution in [2.75, 3.05) is 13.1 Å². The standard InChI is InChI=1S/C27H29N3O2/c1-20-8-7-11-22(18-20)25-14-13-23(19-30(25)27(32)21-9-3-2-4-10-21)26(31)29-17-15-24-12-5-6-16-28-24/h2-12,16,18,23,25H,13-15,17,19H2,1H3,(H,29,31)/t23-,25-/m1/s1. The highest BCUT2D eigenvalue weighted by molar-refractivity contribution is 5.95. The molecule has 3 aromatic rings. The second-order valence-electron chi connectivity index (χ2n) is 8.39. The minimum atomic E-state index is -0.215. The molecule has 164 valence electrons. The van der Waals surface area contributed by atoms with Crippen LogP contribution in [-0.2, 0) is 11.2 Å². The lowest BCUT2D eigenvalue weighted by molar-refractivity contribution is -0.126. The largest absolute Gasteiger partial charge is 0.355 e. The van der Waals surface area contributed by atoms with Crippen molar-refractivity contribution in [1.82, 2.24) is 15.2 Å². The Kier molecular flexibility index (Phi) is 6.95. The third-order valence-electron chi connectivity index (χ3n) is 6.07. The predicted molar refractivity (Wildman–Crippen MR) is 125 cm³/mol. The Morgan fingerprint density at radius 2 is 1.81 bits per heavy atom. The van der Waals surface area contributed by atoms with Gasteiger partial charge in [-0.3, -0.25) is 14.6 Å². The first-order chi connectivity index (χ1) is 15.6. The first kappa shape index (κ1) is 21.8. The summed E-state index contributed by atoms with van der Waals surface area (Å²) in [4.78, 5) is 32.5. The number of piperidine rings is 1. The molecule has 1 saturated heterocycles. The summed E-state index contributed by atoms with van der Waals surface area (Å²) in [5, 5.41) is 3.05. The molecule has 0 unspecified atom stereocenters. The number of benzene rings is 2. The van der Waals surface area contributed by atoms with E-state index >= 15 is 0 Å². The molecule has 32 heavy (non-hydrogen) atoms. The third kappa shape index (κ3) is 5.22. The van der Waals surface area contributed by atoms with Crippen LogP contribution in [0.5, 0.6) is 0 Å². The van der Waals surface area contributed by atoms with E-state index in [2.05, 4.69) is 35.4 Å². The van der Waals surface area contributed by atoms with Gasteiger partial charge in [-0.15, -0.1) is 0 Å². The molecule has 1 N–H and O–H groups in total. The van der Waals surface area contributed by atoms with Gasteiger partial charge in [0.1, 0.15) is 0 Å². The molecule has 0 aliphatic carbocycles. The number of likely N-dealkylation sites (tertiary alicyclic amines) is 1. The van der Waals surface area contributed by atoms with Crippen molar-refractivity contribution in [3.63, 3.8) is 0 Å². The van der Waals surface area contributed by atoms with Crippen LogP contribution >= 0.6 is 0 Å². The maximum Gasteiger partial charge on any atom is 0.254 e. The van der Waals surface area contributed by atoms with Crippen molar-refractivity contribution < 1.29 is 9.59 Å². The van der Waals surface area contributed by atoms with E-state index in [4.69, 9.17) is 0 Å². The molecule has 5 heteroatoms. The van der Waals surface area contributed by atoms with E-state index in [-0.39, 0.29) is 23.8 Å². The summed E-state index contributed by atoms with van der Waals surface area (Å²) in [6.07, 6.45) is 3.97. The molecule has 5 nitrogen and oxygen atoms in total. The van der Waals surface area contributed by atoms with Crippen molar-refractivity contribution in [3.8, 4) is 0 Å². The fourth-order valence-electron chi connectivity index (χ4n) is 4.38. The van der Waals surface area contributed by atoms with Crippen LogP contribution in [0.4, 0.5) is 0 Å². The van der Waals surface area contributed by atoms with Crippen LogP contribution in [-0.4, -0.2) is 34.8 Å². The SMILES string of the molecule is Cc1cccc([C@H]2CC[C@@H](C(=O)NCCc3ccccn3)CN2C(=O)c2ccccc2)c1. The minimum absolute atomic E-state index is 0.00878. The van der Waals surface area contributed by atoms with Gasteiger partial charge in [0, 0.05) is 37.0 Å². The summed E-state index contributed by atoms with van der Waals surface area (Å²) in [6.45, 7) is 3.02. The van der Waals surface area contributed by atoms with Crippen molar-refractivity contribution >= 4 is 11.8 Å². The number of aromatic nitrogens is 1. The van der Waals surface area contributed by atoms with Crippen molar-refractivity contribution in [3.05, 3.63) is 101 Å². The third-order valence-corrected chi connectivity index (χ3v) is 6.07. The second-order valence-corrected chi connectivity index (χ2v) is 8.39. The lowest BCUT2D eigenvalue weighted by Crippen LogP contribution is -2.47. The summed E-state index contributed by atoms with van der Waals surface area (Å²) in [6, 6.07) is 23.4. The quantitative estimate of drug-likeness (QED) is 0.636. The van der Waals surface area contributed by atoms with E-state index in [9.17, 15) is 9.59 Å². The van der Waals surface area contributed by atoms with Gasteiger partial charge >= 0.3 is 0 Å². The van der Waals surface area contributed by atoms with E-state index in [0.717, 1.165) is 24.1 Å². The minimum Gasteiger partial charge on any atom is -0.355 e. The van der Waals surface area contributed by atoms with Gasteiger partial charge < -0.3 is 10.2 Å². The number of hydrogen-bond acceptors (Lipinski definition) is 3. The number of hydrogen-bond donors (Lipinski definition) is 1. The van der Waals surface area contributed by atoms with Crippen LogP contribution in [0.25, 0.3) is 0 Å². The number of rotatable bonds is 6. The number of carbonyl (C=O) groups is 2. The molecule has 4 rings (SSSR count). The molecule has 1 aromatic heterocycles. The fraction of sp³-hybridized carbons (Fsp3) is 0.296. The molecule has 1 aliphatic heterocycles. The van der Waals surface area contributed by atoms with Crippen LogP contribution < -0.4 is 5.32 Å². The predicted octanol–water partition coefficient (Wildman–Crippen LogP) is 4.34. The Balaban J connectivity index is 1.47. The van der Waals surface area contributed by atoms with Gasteiger partial charge in [0.15, 0.2) is 0 Å². The van der Waals surface area contributed by atoms with Crippen molar-refractivity contribution in [1.29, 1.82) is 0 Å². The molecule has 0 saturated carbocycles. The average Bonchev–Trinajstić information content (AvgIpc) is 2.84. The van der Waals surface area contributed by atoms with Crippen molar-refractivity contribution in [2.45, 2.75) is 32.2 Å². The van der Waals surface area contributed by atoms with E-state index in [1.165, 1.54) is 5.56 Å². The molecule has 0 radical (unpaired) electrons. The highest BCUT2D eigenvalue weighted by atomic mass is 16.2. The summed E-state index contributed by atoms with van der Waals surface area (Å²) < 4.78 is 0. The van der Waals surface area contributed by atoms with Crippen LogP contribution in [0, 0.1) is 12.8 Å². The molecule has 2 aromatic carbocycles. The Labute approximate surface area is 189 Å². The molecule has 2 amide bonds. The summed E-state index contributed by atoms with van der Waals surface area (Å²) in [5.74, 6) is -0.231. The van der Waals surface area contributed by atoms with Crippen LogP contribution in [0.3, 0.4) is 0 Å². The normalized spacial score (nSPS) is 18.2. The Bertz CT molecular complexity index is 1050. The Morgan fingerprint density at radius 1 is 1.00 bits per heavy atom. The molecular weight excluding hydrogens is 398 g/mol. The van der Waals surface area contributed by atoms with Crippen LogP contribution in [0.1, 0.15) is 46.1 Å². The zero-order valence-corrected chi connectivity index (χ0v) is 18.4. The molecule has 0 bridgehead atoms. The number of nitrogens with zero attached hydrogens (tertiary/aromatic N) is 2. The van der Waals surface area contributed by atoms with Gasteiger partial charge in [-0.2, -0.15) is 0 Å². The molecule has 1 fully saturated rings. The topological polar surface area (TPSA) is 62.3 Å². The van der Waals surface area contributed by atoms with Crippen molar-refractivity contribution in [2.24, 2.45) is 5.92 Å². The molecule has 1 aliphatic rings. The zero-order valence-electron chi connectivity index (χ0n) is 18.4. The number of pyridine rings is 1. The molecule has 0 spiro atoms. The van der Waals surface area contributed by atoms with E-state index < -0.39 is 0 Å². The van der Waals surface area contributed by atoms with Crippen LogP contribution in [0.2, 0.25) is 0 Å². The van der Waals surface area contributed by atoms with Gasteiger partial charge in [-0.1, -0.05) is 54.1 Å². The van der Waals surface area contributed by atoms with Gasteiger partial charge in [0.25, 0.3) is 5.91 Å². The van der Waals surface area contributed by atoms with Crippen LogP contribution in [0.15, 0.2) is 79.0 Å². The lowest BCUT2D eigenvalue weighted by Gasteiger charge is -2.39. The van der Waals surface area contributed by atoms with Gasteiger partial charge in [0.05, 0.1) is 12.0 Å². The molecule has 2 heterocycles.